The zero-order chi connectivity index (χ0) is 27.3. The summed E-state index contributed by atoms with van der Waals surface area (Å²) in [6, 6.07) is 7.22. The monoisotopic (exact) mass is 598 g/mol. The third-order valence-electron chi connectivity index (χ3n) is 6.63. The fourth-order valence-electron chi connectivity index (χ4n) is 4.57. The van der Waals surface area contributed by atoms with Crippen LogP contribution in [0.4, 0.5) is 13.2 Å². The Morgan fingerprint density at radius 3 is 2.49 bits per heavy atom. The lowest BCUT2D eigenvalue weighted by Gasteiger charge is -2.11. The molecular weight excluding hydrogens is 577 g/mol. The molecule has 0 aliphatic heterocycles. The molecule has 1 saturated carbocycles. The number of halogens is 4. The van der Waals surface area contributed by atoms with E-state index in [0.717, 1.165) is 29.5 Å². The van der Waals surface area contributed by atoms with Crippen LogP contribution in [0.3, 0.4) is 0 Å². The van der Waals surface area contributed by atoms with Gasteiger partial charge in [-0.3, -0.25) is 0 Å². The molecule has 0 spiro atoms. The van der Waals surface area contributed by atoms with Gasteiger partial charge in [-0.1, -0.05) is 24.3 Å². The van der Waals surface area contributed by atoms with Crippen LogP contribution in [0.5, 0.6) is 5.88 Å². The number of methoxy groups -OCH3 is 1. The molecule has 0 radical (unpaired) electrons. The van der Waals surface area contributed by atoms with Crippen molar-refractivity contribution in [1.29, 1.82) is 0 Å². The SMILES string of the molecule is CCn1c(-c2ccc(Cn3ncc4cnc(-c5c(OC)ncnc5C5CC5)nc43)cc2)nc(C(F)(F)F)c1Br. The lowest BCUT2D eigenvalue weighted by molar-refractivity contribution is -0.141. The topological polar surface area (TPSA) is 96.4 Å². The molecular formula is C26H22BrF3N8O. The highest BCUT2D eigenvalue weighted by Crippen LogP contribution is 2.45. The molecule has 0 amide bonds. The van der Waals surface area contributed by atoms with E-state index in [0.29, 0.717) is 47.5 Å². The molecule has 1 fully saturated rings. The van der Waals surface area contributed by atoms with Crippen LogP contribution in [0.2, 0.25) is 0 Å². The van der Waals surface area contributed by atoms with E-state index in [9.17, 15) is 13.2 Å². The first kappa shape index (κ1) is 25.4. The second-order valence-corrected chi connectivity index (χ2v) is 9.96. The molecule has 1 aromatic carbocycles. The van der Waals surface area contributed by atoms with E-state index in [1.165, 1.54) is 10.9 Å². The van der Waals surface area contributed by atoms with Crippen molar-refractivity contribution in [3.63, 3.8) is 0 Å². The second kappa shape index (κ2) is 9.70. The number of nitrogens with zero attached hydrogens (tertiary/aromatic N) is 8. The Morgan fingerprint density at radius 2 is 1.82 bits per heavy atom. The van der Waals surface area contributed by atoms with Gasteiger partial charge in [0, 0.05) is 24.2 Å². The Labute approximate surface area is 229 Å². The third-order valence-corrected chi connectivity index (χ3v) is 7.44. The van der Waals surface area contributed by atoms with Crippen LogP contribution in [0.25, 0.3) is 33.8 Å². The Hall–Kier alpha value is -3.87. The van der Waals surface area contributed by atoms with Gasteiger partial charge in [-0.25, -0.2) is 29.6 Å². The first-order valence-electron chi connectivity index (χ1n) is 12.3. The molecule has 0 N–H and O–H groups in total. The number of hydrogen-bond donors (Lipinski definition) is 0. The van der Waals surface area contributed by atoms with Crippen molar-refractivity contribution in [1.82, 2.24) is 39.3 Å². The summed E-state index contributed by atoms with van der Waals surface area (Å²) in [5, 5.41) is 5.26. The average Bonchev–Trinajstić information content (AvgIpc) is 3.62. The van der Waals surface area contributed by atoms with Gasteiger partial charge in [0.15, 0.2) is 17.2 Å². The van der Waals surface area contributed by atoms with Crippen molar-refractivity contribution in [3.05, 3.63) is 64.5 Å². The van der Waals surface area contributed by atoms with Crippen molar-refractivity contribution in [2.45, 2.75) is 44.9 Å². The molecule has 0 atom stereocenters. The molecule has 0 saturated heterocycles. The maximum absolute atomic E-state index is 13.4. The predicted molar refractivity (Wildman–Crippen MR) is 140 cm³/mol. The van der Waals surface area contributed by atoms with Crippen molar-refractivity contribution in [2.75, 3.05) is 7.11 Å². The Balaban J connectivity index is 1.32. The highest BCUT2D eigenvalue weighted by atomic mass is 79.9. The fraction of sp³-hybridized carbons (Fsp3) is 0.308. The van der Waals surface area contributed by atoms with Gasteiger partial charge in [-0.05, 0) is 41.3 Å². The van der Waals surface area contributed by atoms with Crippen LogP contribution in [0.1, 0.15) is 42.6 Å². The maximum atomic E-state index is 13.4. The van der Waals surface area contributed by atoms with E-state index in [-0.39, 0.29) is 10.4 Å². The van der Waals surface area contributed by atoms with Crippen molar-refractivity contribution in [3.8, 4) is 28.7 Å². The quantitative estimate of drug-likeness (QED) is 0.231. The van der Waals surface area contributed by atoms with Gasteiger partial charge in [0.1, 0.15) is 22.3 Å². The zero-order valence-corrected chi connectivity index (χ0v) is 22.5. The van der Waals surface area contributed by atoms with Crippen LogP contribution < -0.4 is 4.74 Å². The molecule has 0 bridgehead atoms. The number of aromatic nitrogens is 8. The number of fused-ring (bicyclic) bond motifs is 1. The predicted octanol–water partition coefficient (Wildman–Crippen LogP) is 5.88. The number of ether oxygens (including phenoxy) is 1. The van der Waals surface area contributed by atoms with E-state index in [1.54, 1.807) is 43.2 Å². The number of hydrogen-bond acceptors (Lipinski definition) is 7. The summed E-state index contributed by atoms with van der Waals surface area (Å²) in [4.78, 5) is 22.0. The molecule has 39 heavy (non-hydrogen) atoms. The summed E-state index contributed by atoms with van der Waals surface area (Å²) in [5.41, 5.74) is 2.75. The maximum Gasteiger partial charge on any atom is 0.436 e. The molecule has 5 aromatic rings. The molecule has 6 rings (SSSR count). The minimum absolute atomic E-state index is 0.0830. The minimum atomic E-state index is -4.55. The fourth-order valence-corrected chi connectivity index (χ4v) is 5.30. The van der Waals surface area contributed by atoms with Crippen LogP contribution in [0.15, 0.2) is 47.6 Å². The van der Waals surface area contributed by atoms with Gasteiger partial charge < -0.3 is 9.30 Å². The largest absolute Gasteiger partial charge is 0.480 e. The van der Waals surface area contributed by atoms with E-state index < -0.39 is 11.9 Å². The molecule has 1 aliphatic rings. The third kappa shape index (κ3) is 4.64. The van der Waals surface area contributed by atoms with E-state index >= 15 is 0 Å². The minimum Gasteiger partial charge on any atom is -0.480 e. The highest BCUT2D eigenvalue weighted by Gasteiger charge is 2.38. The Kier molecular flexibility index (Phi) is 6.32. The zero-order valence-electron chi connectivity index (χ0n) is 20.9. The molecule has 4 heterocycles. The Morgan fingerprint density at radius 1 is 1.05 bits per heavy atom. The summed E-state index contributed by atoms with van der Waals surface area (Å²) in [6.07, 6.45) is 2.46. The molecule has 200 valence electrons. The van der Waals surface area contributed by atoms with Gasteiger partial charge in [-0.15, -0.1) is 0 Å². The standard InChI is InChI=1S/C26H22BrF3N8O/c1-3-37-21(27)20(26(28,29)30)35-23(37)16-6-4-14(5-7-16)12-38-24-17(11-34-38)10-31-22(36-24)18-19(15-8-9-15)32-13-33-25(18)39-2/h4-7,10-11,13,15H,3,8-9,12H2,1-2H3. The Bertz CT molecular complexity index is 1680. The molecule has 0 unspecified atom stereocenters. The second-order valence-electron chi connectivity index (χ2n) is 9.21. The van der Waals surface area contributed by atoms with Gasteiger partial charge in [0.2, 0.25) is 5.88 Å². The van der Waals surface area contributed by atoms with E-state index in [2.05, 4.69) is 41.0 Å². The van der Waals surface area contributed by atoms with Crippen LogP contribution in [-0.4, -0.2) is 46.4 Å². The van der Waals surface area contributed by atoms with Crippen molar-refractivity contribution in [2.24, 2.45) is 0 Å². The lowest BCUT2D eigenvalue weighted by atomic mass is 10.1. The van der Waals surface area contributed by atoms with Gasteiger partial charge in [0.05, 0.1) is 30.9 Å². The normalized spacial score (nSPS) is 13.8. The lowest BCUT2D eigenvalue weighted by Crippen LogP contribution is -2.06. The van der Waals surface area contributed by atoms with Crippen molar-refractivity contribution >= 4 is 27.0 Å². The summed E-state index contributed by atoms with van der Waals surface area (Å²) in [7, 11) is 1.56. The number of imidazole rings is 1. The number of benzene rings is 1. The number of rotatable bonds is 7. The summed E-state index contributed by atoms with van der Waals surface area (Å²) in [6.45, 7) is 2.51. The van der Waals surface area contributed by atoms with Gasteiger partial charge >= 0.3 is 6.18 Å². The van der Waals surface area contributed by atoms with Crippen LogP contribution in [0, 0.1) is 0 Å². The van der Waals surface area contributed by atoms with E-state index in [1.807, 2.05) is 12.1 Å². The molecule has 4 aromatic heterocycles. The summed E-state index contributed by atoms with van der Waals surface area (Å²) in [5.74, 6) is 1.49. The summed E-state index contributed by atoms with van der Waals surface area (Å²) < 4.78 is 48.9. The average molecular weight is 599 g/mol. The molecule has 1 aliphatic carbocycles. The van der Waals surface area contributed by atoms with Crippen molar-refractivity contribution < 1.29 is 17.9 Å². The highest BCUT2D eigenvalue weighted by molar-refractivity contribution is 9.10. The van der Waals surface area contributed by atoms with E-state index in [4.69, 9.17) is 9.72 Å². The van der Waals surface area contributed by atoms with Gasteiger partial charge in [-0.2, -0.15) is 18.3 Å². The molecule has 9 nitrogen and oxygen atoms in total. The first-order chi connectivity index (χ1) is 18.8. The van der Waals surface area contributed by atoms with Crippen LogP contribution in [-0.2, 0) is 19.3 Å². The molecule has 13 heteroatoms. The summed E-state index contributed by atoms with van der Waals surface area (Å²) >= 11 is 3.06. The van der Waals surface area contributed by atoms with Gasteiger partial charge in [0.25, 0.3) is 0 Å². The smallest absolute Gasteiger partial charge is 0.436 e. The van der Waals surface area contributed by atoms with Crippen LogP contribution >= 0.6 is 15.9 Å². The first-order valence-corrected chi connectivity index (χ1v) is 13.1. The number of alkyl halides is 3.